The van der Waals surface area contributed by atoms with Crippen molar-refractivity contribution in [2.45, 2.75) is 64.8 Å². The Bertz CT molecular complexity index is 1050. The summed E-state index contributed by atoms with van der Waals surface area (Å²) in [6, 6.07) is 7.92. The average Bonchev–Trinajstić information content (AvgIpc) is 3.22. The molecule has 0 radical (unpaired) electrons. The third-order valence-corrected chi connectivity index (χ3v) is 5.27. The van der Waals surface area contributed by atoms with Gasteiger partial charge in [0, 0.05) is 17.6 Å². The molecule has 1 fully saturated rings. The van der Waals surface area contributed by atoms with Crippen molar-refractivity contribution in [2.24, 2.45) is 0 Å². The van der Waals surface area contributed by atoms with Gasteiger partial charge in [-0.25, -0.2) is 13.8 Å². The molecule has 2 aromatic heterocycles. The molecule has 172 valence electrons. The Balaban J connectivity index is 0.000000913. The average molecular weight is 445 g/mol. The molecule has 32 heavy (non-hydrogen) atoms. The van der Waals surface area contributed by atoms with Gasteiger partial charge < -0.3 is 10.1 Å². The molecule has 0 saturated heterocycles. The Labute approximate surface area is 187 Å². The molecule has 3 aromatic rings. The number of aromatic nitrogens is 3. The van der Waals surface area contributed by atoms with Gasteiger partial charge in [-0.15, -0.1) is 0 Å². The highest BCUT2D eigenvalue weighted by Gasteiger charge is 2.19. The van der Waals surface area contributed by atoms with E-state index in [0.717, 1.165) is 23.7 Å². The first-order chi connectivity index (χ1) is 15.5. The van der Waals surface area contributed by atoms with E-state index in [4.69, 9.17) is 4.74 Å². The summed E-state index contributed by atoms with van der Waals surface area (Å²) in [6.07, 6.45) is 6.39. The van der Waals surface area contributed by atoms with Crippen LogP contribution >= 0.6 is 0 Å². The van der Waals surface area contributed by atoms with E-state index in [1.54, 1.807) is 12.1 Å². The van der Waals surface area contributed by atoms with Crippen LogP contribution in [0.1, 0.15) is 81.0 Å². The van der Waals surface area contributed by atoms with E-state index in [0.29, 0.717) is 17.5 Å². The fourth-order valence-electron chi connectivity index (χ4n) is 3.76. The summed E-state index contributed by atoms with van der Waals surface area (Å²) in [5.41, 5.74) is 0.706. The van der Waals surface area contributed by atoms with E-state index in [9.17, 15) is 13.6 Å². The van der Waals surface area contributed by atoms with E-state index in [-0.39, 0.29) is 5.69 Å². The summed E-state index contributed by atoms with van der Waals surface area (Å²) in [7, 11) is 1.50. The lowest BCUT2D eigenvalue weighted by Gasteiger charge is -2.21. The first kappa shape index (κ1) is 23.6. The second kappa shape index (κ2) is 11.0. The number of pyridine rings is 1. The zero-order chi connectivity index (χ0) is 23.1. The number of ether oxygens (including phenoxy) is 1. The molecule has 1 aromatic carbocycles. The van der Waals surface area contributed by atoms with Crippen LogP contribution in [0.4, 0.5) is 14.5 Å². The predicted molar refractivity (Wildman–Crippen MR) is 122 cm³/mol. The number of hydrogen-bond acceptors (Lipinski definition) is 4. The van der Waals surface area contributed by atoms with Crippen LogP contribution in [0.2, 0.25) is 0 Å². The second-order valence-electron chi connectivity index (χ2n) is 7.92. The first-order valence-electron chi connectivity index (χ1n) is 11.1. The minimum Gasteiger partial charge on any atom is -0.494 e. The lowest BCUT2D eigenvalue weighted by atomic mass is 9.96. The lowest BCUT2D eigenvalue weighted by molar-refractivity contribution is 0.101. The molecule has 4 rings (SSSR count). The molecule has 1 aliphatic rings. The number of nitrogens with one attached hydrogen (secondary N) is 1. The predicted octanol–water partition coefficient (Wildman–Crippen LogP) is 6.55. The topological polar surface area (TPSA) is 69.0 Å². The zero-order valence-corrected chi connectivity index (χ0v) is 18.8. The van der Waals surface area contributed by atoms with E-state index in [1.807, 2.05) is 10.9 Å². The van der Waals surface area contributed by atoms with Crippen LogP contribution in [-0.2, 0) is 0 Å². The molecular weight excluding hydrogens is 414 g/mol. The quantitative estimate of drug-likeness (QED) is 0.484. The Morgan fingerprint density at radius 2 is 1.94 bits per heavy atom. The maximum Gasteiger partial charge on any atom is 0.280 e. The largest absolute Gasteiger partial charge is 0.494 e. The van der Waals surface area contributed by atoms with Gasteiger partial charge in [-0.1, -0.05) is 45.6 Å². The van der Waals surface area contributed by atoms with E-state index < -0.39 is 18.0 Å². The van der Waals surface area contributed by atoms with Crippen molar-refractivity contribution in [3.63, 3.8) is 0 Å². The minimum absolute atomic E-state index is 0.0807. The van der Waals surface area contributed by atoms with Crippen molar-refractivity contribution in [1.82, 2.24) is 14.8 Å². The molecule has 0 spiro atoms. The number of amides is 1. The number of nitrogens with zero attached hydrogens (tertiary/aromatic N) is 3. The Kier molecular flexibility index (Phi) is 8.14. The number of methoxy groups -OCH3 is 1. The maximum absolute atomic E-state index is 12.9. The summed E-state index contributed by atoms with van der Waals surface area (Å²) in [5.74, 6) is -0.130. The molecule has 0 aliphatic heterocycles. The van der Waals surface area contributed by atoms with Gasteiger partial charge in [0.25, 0.3) is 12.3 Å². The summed E-state index contributed by atoms with van der Waals surface area (Å²) < 4.78 is 33.1. The molecule has 1 aliphatic carbocycles. The number of hydrogen-bond donors (Lipinski definition) is 1. The van der Waals surface area contributed by atoms with Gasteiger partial charge in [-0.3, -0.25) is 9.48 Å². The Morgan fingerprint density at radius 3 is 2.59 bits per heavy atom. The third kappa shape index (κ3) is 5.60. The molecule has 0 atom stereocenters. The number of anilines is 1. The number of carbonyl (C=O) groups excluding carboxylic acids is 1. The highest BCUT2D eigenvalue weighted by Crippen LogP contribution is 2.33. The fourth-order valence-corrected chi connectivity index (χ4v) is 3.76. The summed E-state index contributed by atoms with van der Waals surface area (Å²) >= 11 is 0. The van der Waals surface area contributed by atoms with Crippen LogP contribution in [0.3, 0.4) is 0 Å². The summed E-state index contributed by atoms with van der Waals surface area (Å²) in [5, 5.41) is 8.28. The number of halogens is 2. The minimum atomic E-state index is -2.74. The third-order valence-electron chi connectivity index (χ3n) is 5.27. The van der Waals surface area contributed by atoms with Crippen molar-refractivity contribution in [3.8, 4) is 5.75 Å². The van der Waals surface area contributed by atoms with Gasteiger partial charge in [0.2, 0.25) is 0 Å². The van der Waals surface area contributed by atoms with Crippen molar-refractivity contribution in [2.75, 3.05) is 12.4 Å². The van der Waals surface area contributed by atoms with E-state index in [1.165, 1.54) is 51.0 Å². The first-order valence-corrected chi connectivity index (χ1v) is 11.1. The van der Waals surface area contributed by atoms with Crippen molar-refractivity contribution in [3.05, 3.63) is 47.9 Å². The van der Waals surface area contributed by atoms with Crippen LogP contribution in [0.25, 0.3) is 10.9 Å². The number of carbonyl (C=O) groups is 1. The lowest BCUT2D eigenvalue weighted by Crippen LogP contribution is -2.15. The van der Waals surface area contributed by atoms with E-state index >= 15 is 0 Å². The monoisotopic (exact) mass is 444 g/mol. The fraction of sp³-hybridized carbons (Fsp3) is 0.458. The SMILES string of the molecule is CCC.COc1cc2nn(C3CCCCC3)cc2cc1NC(=O)c1cccc(C(F)F)n1. The zero-order valence-electron chi connectivity index (χ0n) is 18.8. The number of rotatable bonds is 5. The van der Waals surface area contributed by atoms with Gasteiger partial charge in [-0.05, 0) is 31.0 Å². The molecule has 6 nitrogen and oxygen atoms in total. The Hall–Kier alpha value is -3.03. The highest BCUT2D eigenvalue weighted by molar-refractivity contribution is 6.05. The van der Waals surface area contributed by atoms with Crippen molar-refractivity contribution in [1.29, 1.82) is 0 Å². The smallest absolute Gasteiger partial charge is 0.280 e. The molecule has 1 saturated carbocycles. The van der Waals surface area contributed by atoms with Gasteiger partial charge in [0.05, 0.1) is 24.4 Å². The van der Waals surface area contributed by atoms with Crippen LogP contribution in [0.5, 0.6) is 5.75 Å². The highest BCUT2D eigenvalue weighted by atomic mass is 19.3. The van der Waals surface area contributed by atoms with Crippen molar-refractivity contribution < 1.29 is 18.3 Å². The van der Waals surface area contributed by atoms with E-state index in [2.05, 4.69) is 29.2 Å². The summed E-state index contributed by atoms with van der Waals surface area (Å²) in [6.45, 7) is 4.25. The maximum atomic E-state index is 12.9. The van der Waals surface area contributed by atoms with Crippen LogP contribution in [0, 0.1) is 0 Å². The standard InChI is InChI=1S/C21H22F2N4O2.C3H8/c1-29-19-11-17-13(12-27(26-17)14-6-3-2-4-7-14)10-18(19)25-21(28)16-9-5-8-15(24-16)20(22)23;1-3-2/h5,8-12,14,20H,2-4,6-7H2,1H3,(H,25,28);3H2,1-2H3. The van der Waals surface area contributed by atoms with Crippen LogP contribution < -0.4 is 10.1 Å². The molecule has 1 N–H and O–H groups in total. The van der Waals surface area contributed by atoms with Gasteiger partial charge in [-0.2, -0.15) is 5.10 Å². The number of fused-ring (bicyclic) bond motifs is 1. The summed E-state index contributed by atoms with van der Waals surface area (Å²) in [4.78, 5) is 16.3. The van der Waals surface area contributed by atoms with Crippen molar-refractivity contribution >= 4 is 22.5 Å². The normalized spacial score (nSPS) is 14.2. The van der Waals surface area contributed by atoms with Gasteiger partial charge in [0.15, 0.2) is 0 Å². The molecule has 0 unspecified atom stereocenters. The van der Waals surface area contributed by atoms with Crippen LogP contribution in [0.15, 0.2) is 36.5 Å². The molecular formula is C24H30F2N4O2. The second-order valence-corrected chi connectivity index (χ2v) is 7.92. The number of benzene rings is 1. The molecule has 8 heteroatoms. The molecule has 2 heterocycles. The van der Waals surface area contributed by atoms with Gasteiger partial charge in [0.1, 0.15) is 17.1 Å². The molecule has 0 bridgehead atoms. The Morgan fingerprint density at radius 1 is 1.22 bits per heavy atom. The molecule has 1 amide bonds. The number of alkyl halides is 2. The van der Waals surface area contributed by atoms with Gasteiger partial charge >= 0.3 is 0 Å². The van der Waals surface area contributed by atoms with Crippen LogP contribution in [-0.4, -0.2) is 27.8 Å².